The van der Waals surface area contributed by atoms with Crippen LogP contribution in [-0.2, 0) is 5.75 Å². The molecule has 0 bridgehead atoms. The molecule has 0 aliphatic carbocycles. The fraction of sp³-hybridized carbons (Fsp3) is 0.176. The maximum absolute atomic E-state index is 5.26. The highest BCUT2D eigenvalue weighted by Gasteiger charge is 2.11. The van der Waals surface area contributed by atoms with Gasteiger partial charge < -0.3 is 4.74 Å². The van der Waals surface area contributed by atoms with Gasteiger partial charge in [0.05, 0.1) is 11.6 Å². The molecule has 3 rings (SSSR count). The maximum Gasteiger partial charge on any atom is 0.196 e. The first-order chi connectivity index (χ1) is 11.2. The van der Waals surface area contributed by atoms with Crippen LogP contribution in [0, 0.1) is 6.92 Å². The number of aromatic nitrogens is 3. The lowest BCUT2D eigenvalue weighted by Crippen LogP contribution is -1.98. The van der Waals surface area contributed by atoms with Gasteiger partial charge in [-0.2, -0.15) is 0 Å². The minimum Gasteiger partial charge on any atom is -0.496 e. The van der Waals surface area contributed by atoms with Crippen molar-refractivity contribution in [2.24, 2.45) is 0 Å². The van der Waals surface area contributed by atoms with E-state index in [9.17, 15) is 0 Å². The molecule has 0 fully saturated rings. The number of benzene rings is 2. The number of para-hydroxylation sites is 1. The van der Waals surface area contributed by atoms with Crippen molar-refractivity contribution in [3.05, 3.63) is 64.4 Å². The Bertz CT molecular complexity index is 805. The highest BCUT2D eigenvalue weighted by atomic mass is 79.9. The molecule has 23 heavy (non-hydrogen) atoms. The van der Waals surface area contributed by atoms with Crippen LogP contribution in [0.25, 0.3) is 5.69 Å². The van der Waals surface area contributed by atoms with Crippen LogP contribution < -0.4 is 4.74 Å². The fourth-order valence-corrected chi connectivity index (χ4v) is 3.79. The second-order valence-electron chi connectivity index (χ2n) is 4.96. The van der Waals surface area contributed by atoms with Gasteiger partial charge in [-0.3, -0.25) is 4.57 Å². The number of rotatable bonds is 5. The van der Waals surface area contributed by atoms with E-state index in [1.165, 1.54) is 5.56 Å². The number of halogens is 1. The predicted molar refractivity (Wildman–Crippen MR) is 96.4 cm³/mol. The Morgan fingerprint density at radius 3 is 2.61 bits per heavy atom. The Morgan fingerprint density at radius 1 is 1.13 bits per heavy atom. The van der Waals surface area contributed by atoms with Crippen molar-refractivity contribution in [2.45, 2.75) is 17.8 Å². The average Bonchev–Trinajstić information content (AvgIpc) is 2.94. The molecule has 118 valence electrons. The Kier molecular flexibility index (Phi) is 5.03. The van der Waals surface area contributed by atoms with E-state index in [1.54, 1.807) is 18.9 Å². The Morgan fingerprint density at radius 2 is 1.91 bits per heavy atom. The van der Waals surface area contributed by atoms with Crippen molar-refractivity contribution in [1.29, 1.82) is 0 Å². The molecule has 2 aromatic carbocycles. The summed E-state index contributed by atoms with van der Waals surface area (Å²) < 4.78 is 8.29. The topological polar surface area (TPSA) is 39.9 Å². The molecule has 0 saturated carbocycles. The summed E-state index contributed by atoms with van der Waals surface area (Å²) in [6, 6.07) is 16.3. The van der Waals surface area contributed by atoms with E-state index in [0.717, 1.165) is 32.6 Å². The summed E-state index contributed by atoms with van der Waals surface area (Å²) in [5.41, 5.74) is 2.27. The smallest absolute Gasteiger partial charge is 0.196 e. The molecule has 6 heteroatoms. The van der Waals surface area contributed by atoms with Crippen LogP contribution in [-0.4, -0.2) is 21.9 Å². The molecule has 0 aliphatic heterocycles. The van der Waals surface area contributed by atoms with E-state index in [-0.39, 0.29) is 0 Å². The maximum atomic E-state index is 5.26. The molecule has 0 N–H and O–H groups in total. The highest BCUT2D eigenvalue weighted by Crippen LogP contribution is 2.29. The third-order valence-corrected chi connectivity index (χ3v) is 5.01. The molecule has 0 radical (unpaired) electrons. The summed E-state index contributed by atoms with van der Waals surface area (Å²) in [4.78, 5) is 0. The lowest BCUT2D eigenvalue weighted by atomic mass is 10.2. The molecular weight excluding hydrogens is 374 g/mol. The molecule has 4 nitrogen and oxygen atoms in total. The number of methoxy groups -OCH3 is 1. The van der Waals surface area contributed by atoms with Crippen LogP contribution in [0.1, 0.15) is 11.4 Å². The van der Waals surface area contributed by atoms with Gasteiger partial charge in [-0.25, -0.2) is 0 Å². The summed E-state index contributed by atoms with van der Waals surface area (Å²) in [6.07, 6.45) is 0. The van der Waals surface area contributed by atoms with Gasteiger partial charge in [0.25, 0.3) is 0 Å². The summed E-state index contributed by atoms with van der Waals surface area (Å²) >= 11 is 5.19. The van der Waals surface area contributed by atoms with Crippen LogP contribution in [0.4, 0.5) is 0 Å². The van der Waals surface area contributed by atoms with Gasteiger partial charge in [0.1, 0.15) is 11.6 Å². The minimum absolute atomic E-state index is 0.813. The van der Waals surface area contributed by atoms with Crippen LogP contribution in [0.2, 0.25) is 0 Å². The number of aryl methyl sites for hydroxylation is 1. The van der Waals surface area contributed by atoms with Crippen LogP contribution >= 0.6 is 27.7 Å². The van der Waals surface area contributed by atoms with Gasteiger partial charge >= 0.3 is 0 Å². The van der Waals surface area contributed by atoms with Crippen LogP contribution in [0.15, 0.2) is 58.2 Å². The Balaban J connectivity index is 1.81. The van der Waals surface area contributed by atoms with Crippen molar-refractivity contribution in [2.75, 3.05) is 7.11 Å². The van der Waals surface area contributed by atoms with Gasteiger partial charge in [0.2, 0.25) is 0 Å². The normalized spacial score (nSPS) is 10.7. The van der Waals surface area contributed by atoms with Gasteiger partial charge in [0, 0.05) is 11.4 Å². The fourth-order valence-electron chi connectivity index (χ4n) is 2.26. The monoisotopic (exact) mass is 389 g/mol. The lowest BCUT2D eigenvalue weighted by Gasteiger charge is -2.09. The Hall–Kier alpha value is -1.79. The molecule has 0 saturated heterocycles. The summed E-state index contributed by atoms with van der Waals surface area (Å²) in [6.45, 7) is 1.97. The van der Waals surface area contributed by atoms with E-state index in [4.69, 9.17) is 4.74 Å². The van der Waals surface area contributed by atoms with Gasteiger partial charge in [-0.15, -0.1) is 10.2 Å². The van der Waals surface area contributed by atoms with Crippen molar-refractivity contribution in [3.8, 4) is 11.4 Å². The third-order valence-electron chi connectivity index (χ3n) is 3.39. The van der Waals surface area contributed by atoms with Crippen molar-refractivity contribution < 1.29 is 4.74 Å². The van der Waals surface area contributed by atoms with E-state index in [1.807, 2.05) is 31.2 Å². The Labute approximate surface area is 148 Å². The quantitative estimate of drug-likeness (QED) is 0.595. The molecule has 3 aromatic rings. The zero-order valence-corrected chi connectivity index (χ0v) is 15.3. The number of thioether (sulfide) groups is 1. The number of hydrogen-bond donors (Lipinski definition) is 0. The second kappa shape index (κ2) is 7.19. The molecule has 1 aromatic heterocycles. The molecule has 0 unspecified atom stereocenters. The number of hydrogen-bond acceptors (Lipinski definition) is 4. The molecule has 0 spiro atoms. The first kappa shape index (κ1) is 16.1. The largest absolute Gasteiger partial charge is 0.496 e. The zero-order chi connectivity index (χ0) is 16.2. The van der Waals surface area contributed by atoms with Crippen LogP contribution in [0.3, 0.4) is 0 Å². The van der Waals surface area contributed by atoms with E-state index >= 15 is 0 Å². The standard InChI is InChI=1S/C17H16BrN3OS/c1-12-19-20-17(21(12)14-6-4-3-5-7-14)23-11-13-8-9-16(22-2)15(18)10-13/h3-10H,11H2,1-2H3. The zero-order valence-electron chi connectivity index (χ0n) is 12.9. The number of ether oxygens (including phenoxy) is 1. The van der Waals surface area contributed by atoms with Crippen molar-refractivity contribution in [1.82, 2.24) is 14.8 Å². The van der Waals surface area contributed by atoms with E-state index in [0.29, 0.717) is 0 Å². The molecule has 1 heterocycles. The summed E-state index contributed by atoms with van der Waals surface area (Å²) in [5.74, 6) is 2.53. The first-order valence-corrected chi connectivity index (χ1v) is 8.89. The van der Waals surface area contributed by atoms with E-state index < -0.39 is 0 Å². The van der Waals surface area contributed by atoms with E-state index in [2.05, 4.69) is 55.0 Å². The second-order valence-corrected chi connectivity index (χ2v) is 6.76. The van der Waals surface area contributed by atoms with Gasteiger partial charge in [0.15, 0.2) is 5.16 Å². The average molecular weight is 390 g/mol. The number of nitrogens with zero attached hydrogens (tertiary/aromatic N) is 3. The molecule has 0 atom stereocenters. The first-order valence-electron chi connectivity index (χ1n) is 7.11. The predicted octanol–water partition coefficient (Wildman–Crippen LogP) is 4.64. The molecule has 0 amide bonds. The SMILES string of the molecule is COc1ccc(CSc2nnc(C)n2-c2ccccc2)cc1Br. The van der Waals surface area contributed by atoms with Gasteiger partial charge in [-0.1, -0.05) is 36.0 Å². The van der Waals surface area contributed by atoms with Gasteiger partial charge in [-0.05, 0) is 52.7 Å². The highest BCUT2D eigenvalue weighted by molar-refractivity contribution is 9.10. The third kappa shape index (κ3) is 3.59. The summed E-state index contributed by atoms with van der Waals surface area (Å²) in [5, 5.41) is 9.41. The van der Waals surface area contributed by atoms with Crippen LogP contribution in [0.5, 0.6) is 5.75 Å². The van der Waals surface area contributed by atoms with Crippen molar-refractivity contribution in [3.63, 3.8) is 0 Å². The summed E-state index contributed by atoms with van der Waals surface area (Å²) in [7, 11) is 1.67. The van der Waals surface area contributed by atoms with Crippen molar-refractivity contribution >= 4 is 27.7 Å². The minimum atomic E-state index is 0.813. The lowest BCUT2D eigenvalue weighted by molar-refractivity contribution is 0.412. The molecular formula is C17H16BrN3OS. The molecule has 0 aliphatic rings.